The maximum atomic E-state index is 9.34. The van der Waals surface area contributed by atoms with E-state index in [0.717, 1.165) is 28.1 Å². The zero-order valence-electron chi connectivity index (χ0n) is 10.00. The first-order chi connectivity index (χ1) is 8.78. The second kappa shape index (κ2) is 4.27. The number of fused-ring (bicyclic) bond motifs is 1. The molecular formula is C13H13N3O2. The quantitative estimate of drug-likeness (QED) is 0.762. The molecule has 0 fully saturated rings. The summed E-state index contributed by atoms with van der Waals surface area (Å²) < 4.78 is 7.16. The zero-order valence-corrected chi connectivity index (χ0v) is 10.00. The number of aryl methyl sites for hydroxylation is 1. The Kier molecular flexibility index (Phi) is 2.60. The molecule has 18 heavy (non-hydrogen) atoms. The van der Waals surface area contributed by atoms with Gasteiger partial charge in [-0.2, -0.15) is 0 Å². The molecule has 3 heterocycles. The summed E-state index contributed by atoms with van der Waals surface area (Å²) >= 11 is 0. The third-order valence-electron chi connectivity index (χ3n) is 2.89. The van der Waals surface area contributed by atoms with Crippen LogP contribution in [0.2, 0.25) is 0 Å². The van der Waals surface area contributed by atoms with Gasteiger partial charge in [0, 0.05) is 29.4 Å². The Hall–Kier alpha value is -2.14. The fourth-order valence-electron chi connectivity index (χ4n) is 2.10. The Bertz CT molecular complexity index is 684. The van der Waals surface area contributed by atoms with Crippen LogP contribution in [0.1, 0.15) is 17.0 Å². The lowest BCUT2D eigenvalue weighted by Crippen LogP contribution is -1.97. The molecule has 0 aliphatic heterocycles. The van der Waals surface area contributed by atoms with E-state index in [1.165, 1.54) is 0 Å². The first kappa shape index (κ1) is 11.0. The molecule has 0 atom stereocenters. The maximum Gasteiger partial charge on any atom is 0.156 e. The molecule has 0 saturated heterocycles. The molecule has 3 rings (SSSR count). The molecule has 3 aromatic heterocycles. The summed E-state index contributed by atoms with van der Waals surface area (Å²) in [5, 5.41) is 14.2. The number of nitrogens with zero attached hydrogens (tertiary/aromatic N) is 3. The average molecular weight is 243 g/mol. The highest BCUT2D eigenvalue weighted by Gasteiger charge is 2.10. The third-order valence-corrected chi connectivity index (χ3v) is 2.89. The number of rotatable bonds is 3. The van der Waals surface area contributed by atoms with Crippen LogP contribution in [0.3, 0.4) is 0 Å². The minimum absolute atomic E-state index is 0.00459. The van der Waals surface area contributed by atoms with Crippen LogP contribution in [-0.2, 0) is 13.2 Å². The van der Waals surface area contributed by atoms with Gasteiger partial charge in [0.2, 0.25) is 0 Å². The van der Waals surface area contributed by atoms with E-state index in [4.69, 9.17) is 4.52 Å². The molecular weight excluding hydrogens is 230 g/mol. The summed E-state index contributed by atoms with van der Waals surface area (Å²) in [5.41, 5.74) is 2.57. The first-order valence-electron chi connectivity index (χ1n) is 5.73. The molecule has 0 aliphatic carbocycles. The minimum atomic E-state index is 0.00459. The highest BCUT2D eigenvalue weighted by molar-refractivity contribution is 5.80. The standard InChI is InChI=1S/C13H13N3O2/c1-9-5-11(18-15-9)7-16-6-10(8-17)12-3-2-4-14-13(12)16/h2-6,17H,7-8H2,1H3. The molecule has 0 aromatic carbocycles. The number of hydrogen-bond donors (Lipinski definition) is 1. The fourth-order valence-corrected chi connectivity index (χ4v) is 2.10. The third kappa shape index (κ3) is 1.78. The predicted molar refractivity (Wildman–Crippen MR) is 66.0 cm³/mol. The second-order valence-corrected chi connectivity index (χ2v) is 4.25. The van der Waals surface area contributed by atoms with Crippen molar-refractivity contribution < 1.29 is 9.63 Å². The van der Waals surface area contributed by atoms with E-state index in [1.807, 2.05) is 35.9 Å². The van der Waals surface area contributed by atoms with Gasteiger partial charge in [-0.1, -0.05) is 5.16 Å². The van der Waals surface area contributed by atoms with Crippen LogP contribution in [0, 0.1) is 6.92 Å². The highest BCUT2D eigenvalue weighted by atomic mass is 16.5. The lowest BCUT2D eigenvalue weighted by molar-refractivity contribution is 0.283. The van der Waals surface area contributed by atoms with E-state index >= 15 is 0 Å². The number of aliphatic hydroxyl groups is 1. The fraction of sp³-hybridized carbons (Fsp3) is 0.231. The van der Waals surface area contributed by atoms with Gasteiger partial charge in [0.1, 0.15) is 5.65 Å². The average Bonchev–Trinajstić information content (AvgIpc) is 2.95. The Morgan fingerprint density at radius 3 is 3.06 bits per heavy atom. The van der Waals surface area contributed by atoms with Crippen LogP contribution < -0.4 is 0 Å². The van der Waals surface area contributed by atoms with Crippen molar-refractivity contribution in [2.45, 2.75) is 20.1 Å². The van der Waals surface area contributed by atoms with Crippen LogP contribution in [0.4, 0.5) is 0 Å². The Balaban J connectivity index is 2.06. The van der Waals surface area contributed by atoms with Gasteiger partial charge >= 0.3 is 0 Å². The first-order valence-corrected chi connectivity index (χ1v) is 5.73. The summed E-state index contributed by atoms with van der Waals surface area (Å²) in [6, 6.07) is 5.72. The summed E-state index contributed by atoms with van der Waals surface area (Å²) in [7, 11) is 0. The molecule has 0 radical (unpaired) electrons. The summed E-state index contributed by atoms with van der Waals surface area (Å²) in [6.45, 7) is 2.46. The molecule has 92 valence electrons. The van der Waals surface area contributed by atoms with Crippen LogP contribution in [0.25, 0.3) is 11.0 Å². The van der Waals surface area contributed by atoms with E-state index in [-0.39, 0.29) is 6.61 Å². The summed E-state index contributed by atoms with van der Waals surface area (Å²) in [4.78, 5) is 4.34. The topological polar surface area (TPSA) is 64.1 Å². The van der Waals surface area contributed by atoms with Crippen LogP contribution >= 0.6 is 0 Å². The molecule has 5 nitrogen and oxygen atoms in total. The van der Waals surface area contributed by atoms with E-state index in [1.54, 1.807) is 6.20 Å². The van der Waals surface area contributed by atoms with Crippen molar-refractivity contribution >= 4 is 11.0 Å². The van der Waals surface area contributed by atoms with Crippen LogP contribution in [0.15, 0.2) is 35.1 Å². The van der Waals surface area contributed by atoms with Gasteiger partial charge in [0.15, 0.2) is 5.76 Å². The van der Waals surface area contributed by atoms with Crippen molar-refractivity contribution in [3.8, 4) is 0 Å². The van der Waals surface area contributed by atoms with Crippen LogP contribution in [0.5, 0.6) is 0 Å². The smallest absolute Gasteiger partial charge is 0.156 e. The van der Waals surface area contributed by atoms with Gasteiger partial charge < -0.3 is 14.2 Å². The second-order valence-electron chi connectivity index (χ2n) is 4.25. The van der Waals surface area contributed by atoms with Crippen molar-refractivity contribution in [2.24, 2.45) is 0 Å². The van der Waals surface area contributed by atoms with Gasteiger partial charge in [0.25, 0.3) is 0 Å². The van der Waals surface area contributed by atoms with Gasteiger partial charge in [-0.3, -0.25) is 0 Å². The zero-order chi connectivity index (χ0) is 12.5. The monoisotopic (exact) mass is 243 g/mol. The van der Waals surface area contributed by atoms with E-state index in [2.05, 4.69) is 10.1 Å². The predicted octanol–water partition coefficient (Wildman–Crippen LogP) is 1.87. The SMILES string of the molecule is Cc1cc(Cn2cc(CO)c3cccnc32)on1. The van der Waals surface area contributed by atoms with E-state index < -0.39 is 0 Å². The summed E-state index contributed by atoms with van der Waals surface area (Å²) in [5.74, 6) is 0.777. The summed E-state index contributed by atoms with van der Waals surface area (Å²) in [6.07, 6.45) is 3.64. The molecule has 0 unspecified atom stereocenters. The Morgan fingerprint density at radius 2 is 2.33 bits per heavy atom. The highest BCUT2D eigenvalue weighted by Crippen LogP contribution is 2.20. The van der Waals surface area contributed by atoms with Crippen LogP contribution in [-0.4, -0.2) is 19.8 Å². The normalized spacial score (nSPS) is 11.2. The van der Waals surface area contributed by atoms with Crippen molar-refractivity contribution in [2.75, 3.05) is 0 Å². The van der Waals surface area contributed by atoms with Crippen molar-refractivity contribution in [1.29, 1.82) is 0 Å². The molecule has 0 saturated carbocycles. The molecule has 3 aromatic rings. The Morgan fingerprint density at radius 1 is 1.44 bits per heavy atom. The van der Waals surface area contributed by atoms with E-state index in [0.29, 0.717) is 6.54 Å². The largest absolute Gasteiger partial charge is 0.392 e. The molecule has 5 heteroatoms. The number of pyridine rings is 1. The lowest BCUT2D eigenvalue weighted by atomic mass is 10.2. The van der Waals surface area contributed by atoms with Gasteiger partial charge in [-0.15, -0.1) is 0 Å². The van der Waals surface area contributed by atoms with Gasteiger partial charge in [-0.25, -0.2) is 4.98 Å². The number of aliphatic hydroxyl groups excluding tert-OH is 1. The van der Waals surface area contributed by atoms with Gasteiger partial charge in [-0.05, 0) is 19.1 Å². The number of hydrogen-bond acceptors (Lipinski definition) is 4. The molecule has 0 aliphatic rings. The van der Waals surface area contributed by atoms with Crippen molar-refractivity contribution in [3.63, 3.8) is 0 Å². The maximum absolute atomic E-state index is 9.34. The van der Waals surface area contributed by atoms with Crippen molar-refractivity contribution in [1.82, 2.24) is 14.7 Å². The molecule has 0 spiro atoms. The lowest BCUT2D eigenvalue weighted by Gasteiger charge is -2.00. The van der Waals surface area contributed by atoms with Gasteiger partial charge in [0.05, 0.1) is 18.8 Å². The van der Waals surface area contributed by atoms with Crippen molar-refractivity contribution in [3.05, 3.63) is 47.6 Å². The van der Waals surface area contributed by atoms with E-state index in [9.17, 15) is 5.11 Å². The molecule has 0 bridgehead atoms. The minimum Gasteiger partial charge on any atom is -0.392 e. The Labute approximate surface area is 104 Å². The molecule has 1 N–H and O–H groups in total. The molecule has 0 amide bonds. The number of aromatic nitrogens is 3.